The third kappa shape index (κ3) is 9.81. The van der Waals surface area contributed by atoms with Crippen LogP contribution >= 0.6 is 8.53 Å². The van der Waals surface area contributed by atoms with Crippen molar-refractivity contribution in [2.24, 2.45) is 0 Å². The van der Waals surface area contributed by atoms with Gasteiger partial charge in [0.05, 0.1) is 46.3 Å². The van der Waals surface area contributed by atoms with Crippen LogP contribution in [-0.4, -0.2) is 95.8 Å². The zero-order valence-electron chi connectivity index (χ0n) is 37.6. The van der Waals surface area contributed by atoms with E-state index in [0.29, 0.717) is 11.5 Å². The van der Waals surface area contributed by atoms with Crippen LogP contribution in [0.3, 0.4) is 0 Å². The number of H-pyrrole nitrogens is 1. The van der Waals surface area contributed by atoms with Crippen LogP contribution in [0.15, 0.2) is 90.0 Å². The van der Waals surface area contributed by atoms with Crippen molar-refractivity contribution >= 4 is 28.0 Å². The minimum atomic E-state index is -2.61. The number of nitriles is 1. The fourth-order valence-electron chi connectivity index (χ4n) is 7.49. The Balaban J connectivity index is 1.55. The molecule has 1 saturated heterocycles. The summed E-state index contributed by atoms with van der Waals surface area (Å²) in [7, 11) is -1.14. The van der Waals surface area contributed by atoms with E-state index in [0.717, 1.165) is 16.7 Å². The maximum atomic E-state index is 13.0. The number of aromatic nitrogens is 5. The molecule has 0 spiro atoms. The lowest BCUT2D eigenvalue weighted by Crippen LogP contribution is -2.51. The highest BCUT2D eigenvalue weighted by molar-refractivity contribution is 7.44. The maximum absolute atomic E-state index is 13.0. The zero-order valence-corrected chi connectivity index (χ0v) is 39.5. The van der Waals surface area contributed by atoms with E-state index in [1.807, 2.05) is 78.9 Å². The molecule has 1 fully saturated rings. The summed E-state index contributed by atoms with van der Waals surface area (Å²) in [6, 6.07) is 28.0. The number of nitrogens with one attached hydrogen (secondary N) is 1. The first kappa shape index (κ1) is 46.9. The molecule has 2 aromatic heterocycles. The summed E-state index contributed by atoms with van der Waals surface area (Å²) in [6.07, 6.45) is -1.57. The lowest BCUT2D eigenvalue weighted by molar-refractivity contribution is -0.0928. The first-order valence-corrected chi connectivity index (χ1v) is 24.9. The van der Waals surface area contributed by atoms with Gasteiger partial charge in [0.1, 0.15) is 35.4 Å². The van der Waals surface area contributed by atoms with E-state index in [4.69, 9.17) is 32.4 Å². The smallest absolute Gasteiger partial charge is 0.295 e. The van der Waals surface area contributed by atoms with Crippen LogP contribution in [0.5, 0.6) is 11.5 Å². The molecule has 0 radical (unpaired) electrons. The predicted molar refractivity (Wildman–Crippen MR) is 240 cm³/mol. The van der Waals surface area contributed by atoms with Gasteiger partial charge in [0.2, 0.25) is 0 Å². The van der Waals surface area contributed by atoms with Crippen LogP contribution in [-0.2, 0) is 28.5 Å². The summed E-state index contributed by atoms with van der Waals surface area (Å²) in [5, 5.41) is 19.9. The van der Waals surface area contributed by atoms with Crippen LogP contribution in [0.25, 0.3) is 11.2 Å². The van der Waals surface area contributed by atoms with E-state index in [1.165, 1.54) is 6.33 Å². The predicted octanol–water partition coefficient (Wildman–Crippen LogP) is 8.49. The van der Waals surface area contributed by atoms with Gasteiger partial charge in [-0.2, -0.15) is 5.26 Å². The average Bonchev–Trinajstić information content (AvgIpc) is 3.82. The standard InChI is InChI=1S/C45H60N7O8PSi/c1-30(2)52(31(3)4)61(57-27-15-26-46)59-40-39(60-62(10,11)44(5,6)7)37(58-43(40)51-29-47-38-41(51)48-50-49-42(38)53)28-56-45(32-16-13-12-14-17-32,33-18-22-35(54-8)23-19-33)34-20-24-36(55-9)25-21-34/h12-14,16-25,29-31,37,39-40,43H,15,27-28H2,1-11H3,(H,48,49,53)/t37-,39-,40-,43-,61?/m1/s1. The molecule has 0 bridgehead atoms. The second-order valence-electron chi connectivity index (χ2n) is 17.3. The minimum Gasteiger partial charge on any atom is -0.497 e. The molecule has 1 unspecified atom stereocenters. The van der Waals surface area contributed by atoms with Crippen molar-refractivity contribution in [3.63, 3.8) is 0 Å². The van der Waals surface area contributed by atoms with Gasteiger partial charge in [-0.1, -0.05) is 80.6 Å². The number of hydrogen-bond donors (Lipinski definition) is 1. The van der Waals surface area contributed by atoms with E-state index in [-0.39, 0.29) is 47.9 Å². The number of imidazole rings is 1. The molecule has 5 aromatic rings. The molecule has 0 aliphatic carbocycles. The molecule has 1 aliphatic heterocycles. The fraction of sp³-hybridized carbons (Fsp3) is 0.489. The van der Waals surface area contributed by atoms with Gasteiger partial charge in [-0.05, 0) is 86.8 Å². The molecule has 17 heteroatoms. The van der Waals surface area contributed by atoms with Gasteiger partial charge in [-0.3, -0.25) is 9.36 Å². The number of rotatable bonds is 19. The largest absolute Gasteiger partial charge is 0.497 e. The van der Waals surface area contributed by atoms with Crippen molar-refractivity contribution in [3.05, 3.63) is 112 Å². The lowest BCUT2D eigenvalue weighted by Gasteiger charge is -2.42. The molecule has 15 nitrogen and oxygen atoms in total. The monoisotopic (exact) mass is 885 g/mol. The number of ether oxygens (including phenoxy) is 4. The van der Waals surface area contributed by atoms with Crippen molar-refractivity contribution in [2.45, 2.75) is 115 Å². The normalized spacial score (nSPS) is 19.0. The summed E-state index contributed by atoms with van der Waals surface area (Å²) in [4.78, 5) is 17.4. The molecule has 0 amide bonds. The van der Waals surface area contributed by atoms with E-state index < -0.39 is 52.5 Å². The number of fused-ring (bicyclic) bond motifs is 1. The Morgan fingerprint density at radius 2 is 1.48 bits per heavy atom. The Bertz CT molecular complexity index is 2260. The second-order valence-corrected chi connectivity index (χ2v) is 23.5. The molecule has 3 aromatic carbocycles. The summed E-state index contributed by atoms with van der Waals surface area (Å²) >= 11 is 0. The van der Waals surface area contributed by atoms with Gasteiger partial charge >= 0.3 is 0 Å². The minimum absolute atomic E-state index is 0.0156. The fourth-order valence-corrected chi connectivity index (χ4v) is 10.5. The van der Waals surface area contributed by atoms with E-state index in [9.17, 15) is 10.1 Å². The van der Waals surface area contributed by atoms with Crippen molar-refractivity contribution in [1.82, 2.24) is 29.6 Å². The molecule has 3 heterocycles. The van der Waals surface area contributed by atoms with Gasteiger partial charge in [0.25, 0.3) is 14.1 Å². The lowest BCUT2D eigenvalue weighted by atomic mass is 9.80. The van der Waals surface area contributed by atoms with Gasteiger partial charge in [0.15, 0.2) is 25.7 Å². The molecule has 1 aliphatic rings. The van der Waals surface area contributed by atoms with Gasteiger partial charge in [-0.25, -0.2) is 14.8 Å². The topological polar surface area (TPSA) is 168 Å². The highest BCUT2D eigenvalue weighted by Crippen LogP contribution is 2.53. The Morgan fingerprint density at radius 3 is 2.02 bits per heavy atom. The molecule has 0 saturated carbocycles. The molecule has 6 rings (SSSR count). The summed E-state index contributed by atoms with van der Waals surface area (Å²) < 4.78 is 50.9. The van der Waals surface area contributed by atoms with Crippen LogP contribution in [0, 0.1) is 11.3 Å². The summed E-state index contributed by atoms with van der Waals surface area (Å²) in [5.74, 6) is 1.41. The van der Waals surface area contributed by atoms with Crippen molar-refractivity contribution in [1.29, 1.82) is 5.26 Å². The molecule has 332 valence electrons. The maximum Gasteiger partial charge on any atom is 0.295 e. The van der Waals surface area contributed by atoms with Gasteiger partial charge in [0, 0.05) is 12.1 Å². The average molecular weight is 886 g/mol. The number of aromatic amines is 1. The Labute approximate surface area is 366 Å². The molecule has 5 atom stereocenters. The number of benzene rings is 3. The second kappa shape index (κ2) is 19.9. The van der Waals surface area contributed by atoms with E-state index in [1.54, 1.807) is 18.8 Å². The van der Waals surface area contributed by atoms with Crippen molar-refractivity contribution < 1.29 is 32.4 Å². The quantitative estimate of drug-likeness (QED) is 0.0363. The number of methoxy groups -OCH3 is 2. The highest BCUT2D eigenvalue weighted by Gasteiger charge is 2.54. The molecule has 62 heavy (non-hydrogen) atoms. The third-order valence-electron chi connectivity index (χ3n) is 11.6. The number of hydrogen-bond acceptors (Lipinski definition) is 13. The first-order valence-electron chi connectivity index (χ1n) is 20.9. The third-order valence-corrected chi connectivity index (χ3v) is 18.2. The SMILES string of the molecule is COc1ccc(C(OC[C@H]2O[C@@H](n3cnc4c(=O)[nH]nnc43)[C@H](OP(OCCC#N)N(C(C)C)C(C)C)[C@@H]2O[Si](C)(C)C(C)(C)C)(c2ccccc2)c2ccc(OC)cc2)cc1. The van der Waals surface area contributed by atoms with Crippen LogP contribution in [0.4, 0.5) is 0 Å². The molecule has 1 N–H and O–H groups in total. The van der Waals surface area contributed by atoms with Gasteiger partial charge < -0.3 is 32.4 Å². The Kier molecular flexibility index (Phi) is 15.0. The summed E-state index contributed by atoms with van der Waals surface area (Å²) in [5.41, 5.74) is 1.25. The zero-order chi connectivity index (χ0) is 44.8. The van der Waals surface area contributed by atoms with E-state index >= 15 is 0 Å². The number of nitrogens with zero attached hydrogens (tertiary/aromatic N) is 6. The first-order chi connectivity index (χ1) is 29.6. The molecular formula is C45H60N7O8PSi. The van der Waals surface area contributed by atoms with Crippen LogP contribution in [0.1, 0.15) is 77.8 Å². The highest BCUT2D eigenvalue weighted by atomic mass is 31.2. The Hall–Kier alpha value is -4.56. The van der Waals surface area contributed by atoms with E-state index in [2.05, 4.69) is 92.7 Å². The molecular weight excluding hydrogens is 826 g/mol. The van der Waals surface area contributed by atoms with Crippen LogP contribution < -0.4 is 15.0 Å². The van der Waals surface area contributed by atoms with Crippen molar-refractivity contribution in [2.75, 3.05) is 27.4 Å². The van der Waals surface area contributed by atoms with Crippen molar-refractivity contribution in [3.8, 4) is 17.6 Å². The summed E-state index contributed by atoms with van der Waals surface area (Å²) in [6.45, 7) is 19.5. The van der Waals surface area contributed by atoms with Crippen LogP contribution in [0.2, 0.25) is 18.1 Å². The Morgan fingerprint density at radius 1 is 0.903 bits per heavy atom. The van der Waals surface area contributed by atoms with Gasteiger partial charge in [-0.15, -0.1) is 5.10 Å².